The molecule has 1 aliphatic carbocycles. The molecule has 1 aliphatic heterocycles. The zero-order valence-corrected chi connectivity index (χ0v) is 17.8. The van der Waals surface area contributed by atoms with Gasteiger partial charge in [0.25, 0.3) is 5.91 Å². The Morgan fingerprint density at radius 2 is 1.56 bits per heavy atom. The van der Waals surface area contributed by atoms with E-state index in [-0.39, 0.29) is 18.2 Å². The highest BCUT2D eigenvalue weighted by atomic mass is 19.4. The van der Waals surface area contributed by atoms with Crippen molar-refractivity contribution >= 4 is 17.5 Å². The lowest BCUT2D eigenvalue weighted by Crippen LogP contribution is -2.49. The highest BCUT2D eigenvalue weighted by Crippen LogP contribution is 2.36. The monoisotopic (exact) mass is 444 g/mol. The number of nitrogens with one attached hydrogen (secondary N) is 1. The third-order valence-corrected chi connectivity index (χ3v) is 6.57. The number of amides is 2. The second kappa shape index (κ2) is 9.35. The number of likely N-dealkylation sites (tertiary alicyclic amines) is 1. The molecule has 7 heteroatoms. The van der Waals surface area contributed by atoms with Gasteiger partial charge in [-0.25, -0.2) is 0 Å². The molecule has 1 heterocycles. The third kappa shape index (κ3) is 5.14. The lowest BCUT2D eigenvalue weighted by molar-refractivity contribution is -0.137. The molecule has 2 atom stereocenters. The second-order valence-electron chi connectivity index (χ2n) is 8.75. The van der Waals surface area contributed by atoms with Crippen LogP contribution in [0.15, 0.2) is 48.5 Å². The predicted molar refractivity (Wildman–Crippen MR) is 116 cm³/mol. The molecule has 170 valence electrons. The number of hydrogen-bond acceptors (Lipinski definition) is 2. The second-order valence-corrected chi connectivity index (χ2v) is 8.75. The number of nitrogens with zero attached hydrogens (tertiary/aromatic N) is 1. The summed E-state index contributed by atoms with van der Waals surface area (Å²) in [5.74, 6) is 0.333. The fourth-order valence-corrected chi connectivity index (χ4v) is 4.94. The maximum atomic E-state index is 13.1. The van der Waals surface area contributed by atoms with Gasteiger partial charge in [0.15, 0.2) is 0 Å². The van der Waals surface area contributed by atoms with Crippen LogP contribution in [0.25, 0.3) is 0 Å². The van der Waals surface area contributed by atoms with E-state index < -0.39 is 11.7 Å². The molecule has 4 rings (SSSR count). The Morgan fingerprint density at radius 3 is 2.25 bits per heavy atom. The van der Waals surface area contributed by atoms with Crippen LogP contribution in [0.3, 0.4) is 0 Å². The number of alkyl halides is 3. The number of carbonyl (C=O) groups is 2. The number of fused-ring (bicyclic) bond motifs is 1. The van der Waals surface area contributed by atoms with E-state index in [1.807, 2.05) is 4.90 Å². The Bertz CT molecular complexity index is 953. The number of hydrogen-bond donors (Lipinski definition) is 1. The number of halogens is 3. The molecule has 2 aromatic rings. The molecule has 1 saturated carbocycles. The number of benzene rings is 2. The molecule has 1 saturated heterocycles. The maximum absolute atomic E-state index is 13.1. The predicted octanol–water partition coefficient (Wildman–Crippen LogP) is 5.68. The molecule has 0 bridgehead atoms. The van der Waals surface area contributed by atoms with E-state index in [1.54, 1.807) is 24.3 Å². The maximum Gasteiger partial charge on any atom is 0.416 e. The van der Waals surface area contributed by atoms with Crippen molar-refractivity contribution in [2.45, 2.75) is 57.2 Å². The van der Waals surface area contributed by atoms with Crippen LogP contribution in [-0.4, -0.2) is 29.3 Å². The molecule has 0 radical (unpaired) electrons. The molecule has 0 spiro atoms. The number of piperidine rings is 1. The van der Waals surface area contributed by atoms with Crippen LogP contribution in [0.5, 0.6) is 0 Å². The van der Waals surface area contributed by atoms with E-state index in [0.717, 1.165) is 31.5 Å². The topological polar surface area (TPSA) is 49.4 Å². The first-order valence-corrected chi connectivity index (χ1v) is 11.2. The first-order valence-electron chi connectivity index (χ1n) is 11.2. The molecule has 0 aromatic heterocycles. The molecular weight excluding hydrogens is 417 g/mol. The van der Waals surface area contributed by atoms with E-state index >= 15 is 0 Å². The zero-order chi connectivity index (χ0) is 22.7. The van der Waals surface area contributed by atoms with E-state index in [2.05, 4.69) is 5.32 Å². The standard InChI is InChI=1S/C25H27F3N2O2/c26-25(27,28)20-11-7-17(8-12-20)16-23(31)29-21-13-9-19(10-14-21)24(32)30-15-3-5-18-4-1-2-6-22(18)30/h7-14,18,22H,1-6,15-16H2,(H,29,31)/t18-,22-/m0/s1. The Hall–Kier alpha value is -2.83. The molecule has 0 unspecified atom stereocenters. The van der Waals surface area contributed by atoms with Crippen molar-refractivity contribution in [3.05, 3.63) is 65.2 Å². The van der Waals surface area contributed by atoms with Crippen molar-refractivity contribution in [2.24, 2.45) is 5.92 Å². The minimum Gasteiger partial charge on any atom is -0.335 e. The largest absolute Gasteiger partial charge is 0.416 e. The van der Waals surface area contributed by atoms with E-state index in [1.165, 1.54) is 37.8 Å². The number of anilines is 1. The van der Waals surface area contributed by atoms with Crippen molar-refractivity contribution in [1.82, 2.24) is 4.90 Å². The van der Waals surface area contributed by atoms with Gasteiger partial charge in [-0.2, -0.15) is 13.2 Å². The summed E-state index contributed by atoms with van der Waals surface area (Å²) >= 11 is 0. The van der Waals surface area contributed by atoms with E-state index in [0.29, 0.717) is 28.8 Å². The van der Waals surface area contributed by atoms with E-state index in [9.17, 15) is 22.8 Å². The van der Waals surface area contributed by atoms with Crippen LogP contribution in [0.4, 0.5) is 18.9 Å². The van der Waals surface area contributed by atoms with Crippen molar-refractivity contribution in [3.63, 3.8) is 0 Å². The quantitative estimate of drug-likeness (QED) is 0.660. The summed E-state index contributed by atoms with van der Waals surface area (Å²) in [6.07, 6.45) is 2.54. The van der Waals surface area contributed by atoms with Crippen LogP contribution >= 0.6 is 0 Å². The molecule has 2 aliphatic rings. The summed E-state index contributed by atoms with van der Waals surface area (Å²) in [7, 11) is 0. The molecule has 4 nitrogen and oxygen atoms in total. The van der Waals surface area contributed by atoms with Gasteiger partial charge in [-0.15, -0.1) is 0 Å². The van der Waals surface area contributed by atoms with Gasteiger partial charge < -0.3 is 10.2 Å². The van der Waals surface area contributed by atoms with Gasteiger partial charge in [0, 0.05) is 23.8 Å². The molecule has 1 N–H and O–H groups in total. The normalized spacial score (nSPS) is 21.0. The van der Waals surface area contributed by atoms with Gasteiger partial charge in [-0.05, 0) is 73.6 Å². The Balaban J connectivity index is 1.35. The van der Waals surface area contributed by atoms with Crippen LogP contribution < -0.4 is 5.32 Å². The van der Waals surface area contributed by atoms with Gasteiger partial charge in [0.2, 0.25) is 5.91 Å². The summed E-state index contributed by atoms with van der Waals surface area (Å²) in [4.78, 5) is 27.4. The average molecular weight is 444 g/mol. The fourth-order valence-electron chi connectivity index (χ4n) is 4.94. The SMILES string of the molecule is O=C(Cc1ccc(C(F)(F)F)cc1)Nc1ccc(C(=O)N2CCC[C@@H]3CCCC[C@@H]32)cc1. The molecule has 32 heavy (non-hydrogen) atoms. The van der Waals surface area contributed by atoms with Gasteiger partial charge in [-0.3, -0.25) is 9.59 Å². The zero-order valence-electron chi connectivity index (χ0n) is 17.8. The minimum atomic E-state index is -4.40. The minimum absolute atomic E-state index is 0.0321. The van der Waals surface area contributed by atoms with Crippen molar-refractivity contribution in [3.8, 4) is 0 Å². The smallest absolute Gasteiger partial charge is 0.335 e. The Labute approximate surface area is 185 Å². The highest BCUT2D eigenvalue weighted by molar-refractivity contribution is 5.96. The number of rotatable bonds is 4. The summed E-state index contributed by atoms with van der Waals surface area (Å²) < 4.78 is 38.0. The average Bonchev–Trinajstić information content (AvgIpc) is 2.78. The third-order valence-electron chi connectivity index (χ3n) is 6.57. The highest BCUT2D eigenvalue weighted by Gasteiger charge is 2.36. The van der Waals surface area contributed by atoms with Gasteiger partial charge in [0.05, 0.1) is 12.0 Å². The van der Waals surface area contributed by atoms with Gasteiger partial charge >= 0.3 is 6.18 Å². The van der Waals surface area contributed by atoms with Crippen LogP contribution in [0.1, 0.15) is 60.0 Å². The molecule has 2 amide bonds. The molecular formula is C25H27F3N2O2. The Morgan fingerprint density at radius 1 is 0.906 bits per heavy atom. The Kier molecular flexibility index (Phi) is 6.53. The summed E-state index contributed by atoms with van der Waals surface area (Å²) in [5.41, 5.74) is 0.911. The first-order chi connectivity index (χ1) is 15.3. The van der Waals surface area contributed by atoms with Crippen LogP contribution in [0, 0.1) is 5.92 Å². The summed E-state index contributed by atoms with van der Waals surface area (Å²) in [5, 5.41) is 2.74. The van der Waals surface area contributed by atoms with Crippen LogP contribution in [0.2, 0.25) is 0 Å². The molecule has 2 aromatic carbocycles. The van der Waals surface area contributed by atoms with Crippen molar-refractivity contribution in [2.75, 3.05) is 11.9 Å². The lowest BCUT2D eigenvalue weighted by atomic mass is 9.78. The van der Waals surface area contributed by atoms with Crippen LogP contribution in [-0.2, 0) is 17.4 Å². The first kappa shape index (κ1) is 22.4. The molecule has 2 fully saturated rings. The lowest BCUT2D eigenvalue weighted by Gasteiger charge is -2.44. The van der Waals surface area contributed by atoms with Gasteiger partial charge in [0.1, 0.15) is 0 Å². The number of carbonyl (C=O) groups excluding carboxylic acids is 2. The van der Waals surface area contributed by atoms with Gasteiger partial charge in [-0.1, -0.05) is 25.0 Å². The van der Waals surface area contributed by atoms with Crippen molar-refractivity contribution < 1.29 is 22.8 Å². The van der Waals surface area contributed by atoms with E-state index in [4.69, 9.17) is 0 Å². The summed E-state index contributed by atoms with van der Waals surface area (Å²) in [6.45, 7) is 0.797. The summed E-state index contributed by atoms with van der Waals surface area (Å²) in [6, 6.07) is 11.7. The van der Waals surface area contributed by atoms with Crippen molar-refractivity contribution in [1.29, 1.82) is 0 Å². The fraction of sp³-hybridized carbons (Fsp3) is 0.440.